The van der Waals surface area contributed by atoms with E-state index in [9.17, 15) is 13.2 Å². The summed E-state index contributed by atoms with van der Waals surface area (Å²) in [5.74, 6) is 0.110. The first-order valence-electron chi connectivity index (χ1n) is 6.20. The van der Waals surface area contributed by atoms with Crippen LogP contribution < -0.4 is 5.14 Å². The molecule has 0 bridgehead atoms. The fourth-order valence-corrected chi connectivity index (χ4v) is 2.91. The average Bonchev–Trinajstić information content (AvgIpc) is 2.83. The molecule has 7 heteroatoms. The van der Waals surface area contributed by atoms with Crippen molar-refractivity contribution < 1.29 is 13.2 Å². The number of primary sulfonamides is 1. The van der Waals surface area contributed by atoms with Crippen molar-refractivity contribution in [3.63, 3.8) is 0 Å². The average molecular weight is 291 g/mol. The molecule has 0 atom stereocenters. The third kappa shape index (κ3) is 2.14. The van der Waals surface area contributed by atoms with Crippen molar-refractivity contribution in [1.29, 1.82) is 0 Å². The number of hydrogen-bond acceptors (Lipinski definition) is 4. The van der Waals surface area contributed by atoms with Crippen LogP contribution in [0.25, 0.3) is 5.69 Å². The smallest absolute Gasteiger partial charge is 0.238 e. The van der Waals surface area contributed by atoms with Crippen molar-refractivity contribution in [3.05, 3.63) is 41.7 Å². The zero-order valence-corrected chi connectivity index (χ0v) is 11.4. The maximum atomic E-state index is 11.8. The molecular formula is C13H13N3O3S. The molecule has 0 amide bonds. The molecule has 1 heterocycles. The molecule has 0 saturated carbocycles. The molecule has 20 heavy (non-hydrogen) atoms. The minimum Gasteiger partial charge on any atom is -0.294 e. The summed E-state index contributed by atoms with van der Waals surface area (Å²) in [6, 6.07) is 6.13. The molecule has 0 fully saturated rings. The van der Waals surface area contributed by atoms with Gasteiger partial charge in [-0.3, -0.25) is 4.79 Å². The maximum Gasteiger partial charge on any atom is 0.238 e. The summed E-state index contributed by atoms with van der Waals surface area (Å²) in [6.07, 6.45) is 3.73. The van der Waals surface area contributed by atoms with Gasteiger partial charge in [0.15, 0.2) is 5.78 Å². The van der Waals surface area contributed by atoms with Gasteiger partial charge in [0.25, 0.3) is 0 Å². The molecule has 104 valence electrons. The molecule has 2 aromatic rings. The fraction of sp³-hybridized carbons (Fsp3) is 0.231. The molecule has 0 unspecified atom stereocenters. The second-order valence-electron chi connectivity index (χ2n) is 4.73. The van der Waals surface area contributed by atoms with Gasteiger partial charge in [-0.1, -0.05) is 0 Å². The summed E-state index contributed by atoms with van der Waals surface area (Å²) in [5.41, 5.74) is 2.25. The van der Waals surface area contributed by atoms with Gasteiger partial charge in [-0.25, -0.2) is 18.2 Å². The van der Waals surface area contributed by atoms with Crippen LogP contribution in [0.4, 0.5) is 0 Å². The van der Waals surface area contributed by atoms with E-state index in [1.54, 1.807) is 23.0 Å². The van der Waals surface area contributed by atoms with Crippen molar-refractivity contribution in [2.24, 2.45) is 5.14 Å². The van der Waals surface area contributed by atoms with Gasteiger partial charge >= 0.3 is 0 Å². The van der Waals surface area contributed by atoms with E-state index in [2.05, 4.69) is 5.10 Å². The molecule has 1 aromatic carbocycles. The number of sulfonamides is 1. The van der Waals surface area contributed by atoms with Crippen LogP contribution in [0.2, 0.25) is 0 Å². The van der Waals surface area contributed by atoms with Gasteiger partial charge in [-0.05, 0) is 37.1 Å². The van der Waals surface area contributed by atoms with E-state index in [0.29, 0.717) is 17.7 Å². The largest absolute Gasteiger partial charge is 0.294 e. The summed E-state index contributed by atoms with van der Waals surface area (Å²) >= 11 is 0. The standard InChI is InChI=1S/C13H13N3O3S/c14-20(18,19)10-6-4-9(5-7-10)16-12-2-1-3-13(17)11(12)8-15-16/h4-8H,1-3H2,(H2,14,18,19). The SMILES string of the molecule is NS(=O)(=O)c1ccc(-n2ncc3c2CCCC3=O)cc1. The molecule has 2 N–H and O–H groups in total. The summed E-state index contributed by atoms with van der Waals surface area (Å²) in [5, 5.41) is 9.29. The number of benzene rings is 1. The van der Waals surface area contributed by atoms with Crippen LogP contribution in [-0.4, -0.2) is 24.0 Å². The van der Waals surface area contributed by atoms with Crippen molar-refractivity contribution in [2.45, 2.75) is 24.2 Å². The molecule has 3 rings (SSSR count). The second-order valence-corrected chi connectivity index (χ2v) is 6.29. The van der Waals surface area contributed by atoms with Crippen LogP contribution >= 0.6 is 0 Å². The lowest BCUT2D eigenvalue weighted by atomic mass is 9.97. The van der Waals surface area contributed by atoms with Gasteiger partial charge in [0.05, 0.1) is 28.0 Å². The van der Waals surface area contributed by atoms with E-state index in [0.717, 1.165) is 18.5 Å². The van der Waals surface area contributed by atoms with Gasteiger partial charge in [0, 0.05) is 6.42 Å². The molecule has 0 aliphatic heterocycles. The summed E-state index contributed by atoms with van der Waals surface area (Å²) in [7, 11) is -3.70. The number of Topliss-reactive ketones (excluding diaryl/α,β-unsaturated/α-hetero) is 1. The number of ketones is 1. The Labute approximate surface area is 116 Å². The van der Waals surface area contributed by atoms with Crippen molar-refractivity contribution in [2.75, 3.05) is 0 Å². The lowest BCUT2D eigenvalue weighted by molar-refractivity contribution is 0.0972. The van der Waals surface area contributed by atoms with Gasteiger partial charge in [0.1, 0.15) is 0 Å². The molecule has 0 radical (unpaired) electrons. The van der Waals surface area contributed by atoms with Gasteiger partial charge < -0.3 is 0 Å². The zero-order valence-electron chi connectivity index (χ0n) is 10.6. The van der Waals surface area contributed by atoms with Crippen molar-refractivity contribution in [1.82, 2.24) is 9.78 Å². The van der Waals surface area contributed by atoms with E-state index < -0.39 is 10.0 Å². The maximum absolute atomic E-state index is 11.8. The number of aromatic nitrogens is 2. The number of fused-ring (bicyclic) bond motifs is 1. The van der Waals surface area contributed by atoms with Crippen LogP contribution in [0, 0.1) is 0 Å². The first kappa shape index (κ1) is 13.0. The Bertz CT molecular complexity index is 776. The van der Waals surface area contributed by atoms with Crippen molar-refractivity contribution >= 4 is 15.8 Å². The summed E-state index contributed by atoms with van der Waals surface area (Å²) < 4.78 is 24.1. The van der Waals surface area contributed by atoms with Crippen molar-refractivity contribution in [3.8, 4) is 5.69 Å². The third-order valence-corrected chi connectivity index (χ3v) is 4.33. The first-order valence-corrected chi connectivity index (χ1v) is 7.75. The van der Waals surface area contributed by atoms with E-state index >= 15 is 0 Å². The first-order chi connectivity index (χ1) is 9.47. The Hall–Kier alpha value is -1.99. The van der Waals surface area contributed by atoms with Crippen LogP contribution in [0.15, 0.2) is 35.4 Å². The highest BCUT2D eigenvalue weighted by Crippen LogP contribution is 2.24. The Balaban J connectivity index is 2.04. The predicted molar refractivity (Wildman–Crippen MR) is 72.2 cm³/mol. The zero-order chi connectivity index (χ0) is 14.3. The normalized spacial score (nSPS) is 15.2. The molecule has 1 aliphatic carbocycles. The van der Waals surface area contributed by atoms with Crippen LogP contribution in [0.3, 0.4) is 0 Å². The highest BCUT2D eigenvalue weighted by molar-refractivity contribution is 7.89. The molecule has 0 spiro atoms. The van der Waals surface area contributed by atoms with Crippen LogP contribution in [-0.2, 0) is 16.4 Å². The molecular weight excluding hydrogens is 278 g/mol. The van der Waals surface area contributed by atoms with Gasteiger partial charge in [0.2, 0.25) is 10.0 Å². The second kappa shape index (κ2) is 4.53. The minimum atomic E-state index is -3.70. The summed E-state index contributed by atoms with van der Waals surface area (Å²) in [6.45, 7) is 0. The fourth-order valence-electron chi connectivity index (χ4n) is 2.40. The number of hydrogen-bond donors (Lipinski definition) is 1. The Kier molecular flexibility index (Phi) is 2.95. The molecule has 6 nitrogen and oxygen atoms in total. The van der Waals surface area contributed by atoms with E-state index in [4.69, 9.17) is 5.14 Å². The Morgan fingerprint density at radius 3 is 2.50 bits per heavy atom. The monoisotopic (exact) mass is 291 g/mol. The Morgan fingerprint density at radius 1 is 1.15 bits per heavy atom. The van der Waals surface area contributed by atoms with Gasteiger partial charge in [-0.15, -0.1) is 0 Å². The predicted octanol–water partition coefficient (Wildman–Crippen LogP) is 1.04. The Morgan fingerprint density at radius 2 is 1.85 bits per heavy atom. The lowest BCUT2D eigenvalue weighted by Gasteiger charge is -2.13. The quantitative estimate of drug-likeness (QED) is 0.894. The molecule has 1 aromatic heterocycles. The van der Waals surface area contributed by atoms with E-state index in [-0.39, 0.29) is 10.7 Å². The molecule has 0 saturated heterocycles. The number of nitrogens with two attached hydrogens (primary N) is 1. The van der Waals surface area contributed by atoms with E-state index in [1.807, 2.05) is 0 Å². The highest BCUT2D eigenvalue weighted by Gasteiger charge is 2.22. The number of carbonyl (C=O) groups is 1. The summed E-state index contributed by atoms with van der Waals surface area (Å²) in [4.78, 5) is 11.8. The lowest BCUT2D eigenvalue weighted by Crippen LogP contribution is -2.14. The number of rotatable bonds is 2. The van der Waals surface area contributed by atoms with E-state index in [1.165, 1.54) is 12.1 Å². The third-order valence-electron chi connectivity index (χ3n) is 3.40. The van der Waals surface area contributed by atoms with Crippen LogP contribution in [0.5, 0.6) is 0 Å². The topological polar surface area (TPSA) is 95.1 Å². The highest BCUT2D eigenvalue weighted by atomic mass is 32.2. The number of nitrogens with zero attached hydrogens (tertiary/aromatic N) is 2. The van der Waals surface area contributed by atoms with Gasteiger partial charge in [-0.2, -0.15) is 5.10 Å². The molecule has 1 aliphatic rings. The van der Waals surface area contributed by atoms with Crippen LogP contribution in [0.1, 0.15) is 28.9 Å². The minimum absolute atomic E-state index is 0.0540. The number of carbonyl (C=O) groups excluding carboxylic acids is 1.